The van der Waals surface area contributed by atoms with Gasteiger partial charge in [0.2, 0.25) is 0 Å². The highest BCUT2D eigenvalue weighted by molar-refractivity contribution is 7.99. The van der Waals surface area contributed by atoms with E-state index in [-0.39, 0.29) is 11.7 Å². The fraction of sp³-hybridized carbons (Fsp3) is 0.222. The number of rotatable bonds is 4. The first-order valence-electron chi connectivity index (χ1n) is 3.77. The van der Waals surface area contributed by atoms with Gasteiger partial charge in [-0.25, -0.2) is 0 Å². The third kappa shape index (κ3) is 3.27. The number of carbonyl (C=O) groups excluding carboxylic acids is 1. The van der Waals surface area contributed by atoms with Crippen molar-refractivity contribution in [3.63, 3.8) is 0 Å². The molecule has 1 nitrogen and oxygen atoms in total. The highest BCUT2D eigenvalue weighted by Crippen LogP contribution is 2.25. The van der Waals surface area contributed by atoms with Gasteiger partial charge < -0.3 is 0 Å². The summed E-state index contributed by atoms with van der Waals surface area (Å²) in [5.41, 5.74) is 0.366. The van der Waals surface area contributed by atoms with Crippen LogP contribution in [0.5, 0.6) is 0 Å². The van der Waals surface area contributed by atoms with Gasteiger partial charge in [-0.2, -0.15) is 8.78 Å². The quantitative estimate of drug-likeness (QED) is 0.453. The Morgan fingerprint density at radius 1 is 1.50 bits per heavy atom. The van der Waals surface area contributed by atoms with Crippen molar-refractivity contribution in [3.8, 4) is 0 Å². The Hall–Kier alpha value is -0.610. The van der Waals surface area contributed by atoms with E-state index in [1.807, 2.05) is 0 Å². The van der Waals surface area contributed by atoms with Crippen LogP contribution in [0.1, 0.15) is 10.4 Å². The monoisotopic (exact) mass is 236 g/mol. The third-order valence-electron chi connectivity index (χ3n) is 1.50. The molecule has 0 fully saturated rings. The topological polar surface area (TPSA) is 17.1 Å². The minimum Gasteiger partial charge on any atom is -0.293 e. The largest absolute Gasteiger partial charge is 0.293 e. The molecule has 0 unspecified atom stereocenters. The summed E-state index contributed by atoms with van der Waals surface area (Å²) in [6.45, 7) is 0. The zero-order chi connectivity index (χ0) is 10.6. The van der Waals surface area contributed by atoms with Crippen molar-refractivity contribution in [2.45, 2.75) is 10.7 Å². The maximum atomic E-state index is 12.0. The van der Waals surface area contributed by atoms with E-state index < -0.39 is 5.76 Å². The second-order valence-corrected chi connectivity index (χ2v) is 3.79. The zero-order valence-corrected chi connectivity index (χ0v) is 8.62. The number of halogens is 3. The number of benzene rings is 1. The summed E-state index contributed by atoms with van der Waals surface area (Å²) in [4.78, 5) is 11.5. The number of carbonyl (C=O) groups is 1. The molecule has 76 valence electrons. The van der Waals surface area contributed by atoms with E-state index in [0.29, 0.717) is 22.2 Å². The highest BCUT2D eigenvalue weighted by Gasteiger charge is 2.08. The molecular formula is C9H7ClF2OS. The van der Waals surface area contributed by atoms with Crippen molar-refractivity contribution < 1.29 is 13.6 Å². The van der Waals surface area contributed by atoms with Crippen LogP contribution in [-0.2, 0) is 0 Å². The molecule has 0 aliphatic heterocycles. The number of hydrogen-bond acceptors (Lipinski definition) is 2. The van der Waals surface area contributed by atoms with Gasteiger partial charge in [0.05, 0.1) is 5.88 Å². The molecule has 0 heterocycles. The first kappa shape index (κ1) is 11.5. The Bertz CT molecular complexity index is 330. The second-order valence-electron chi connectivity index (χ2n) is 2.46. The van der Waals surface area contributed by atoms with E-state index in [4.69, 9.17) is 11.6 Å². The fourth-order valence-electron chi connectivity index (χ4n) is 0.923. The van der Waals surface area contributed by atoms with Gasteiger partial charge in [0, 0.05) is 10.5 Å². The minimum atomic E-state index is -2.48. The van der Waals surface area contributed by atoms with Crippen molar-refractivity contribution in [1.82, 2.24) is 0 Å². The molecule has 0 saturated carbocycles. The Kier molecular flexibility index (Phi) is 4.35. The van der Waals surface area contributed by atoms with Crippen molar-refractivity contribution in [2.24, 2.45) is 0 Å². The summed E-state index contributed by atoms with van der Waals surface area (Å²) in [6.07, 6.45) is 0. The van der Waals surface area contributed by atoms with E-state index in [0.717, 1.165) is 0 Å². The van der Waals surface area contributed by atoms with E-state index in [1.54, 1.807) is 12.1 Å². The van der Waals surface area contributed by atoms with E-state index in [2.05, 4.69) is 0 Å². The normalized spacial score (nSPS) is 10.6. The molecule has 1 aromatic carbocycles. The van der Waals surface area contributed by atoms with Crippen LogP contribution in [0.15, 0.2) is 29.2 Å². The Morgan fingerprint density at radius 2 is 2.21 bits per heavy atom. The van der Waals surface area contributed by atoms with Gasteiger partial charge in [0.25, 0.3) is 5.76 Å². The van der Waals surface area contributed by atoms with Crippen LogP contribution in [0.4, 0.5) is 8.78 Å². The summed E-state index contributed by atoms with van der Waals surface area (Å²) in [6, 6.07) is 6.06. The number of alkyl halides is 3. The summed E-state index contributed by atoms with van der Waals surface area (Å²) in [5.74, 6) is -2.87. The summed E-state index contributed by atoms with van der Waals surface area (Å²) in [5, 5.41) is 0. The SMILES string of the molecule is O=C(CCl)c1cccc(SC(F)F)c1. The Morgan fingerprint density at radius 3 is 2.79 bits per heavy atom. The predicted molar refractivity (Wildman–Crippen MR) is 53.4 cm³/mol. The number of ketones is 1. The van der Waals surface area contributed by atoms with Crippen molar-refractivity contribution >= 4 is 29.1 Å². The molecule has 0 aliphatic carbocycles. The van der Waals surface area contributed by atoms with Crippen LogP contribution in [0.2, 0.25) is 0 Å². The molecule has 0 atom stereocenters. The van der Waals surface area contributed by atoms with Gasteiger partial charge in [-0.1, -0.05) is 23.9 Å². The maximum Gasteiger partial charge on any atom is 0.288 e. The average molecular weight is 237 g/mol. The molecule has 1 rings (SSSR count). The third-order valence-corrected chi connectivity index (χ3v) is 2.45. The van der Waals surface area contributed by atoms with Crippen LogP contribution in [0.25, 0.3) is 0 Å². The van der Waals surface area contributed by atoms with Crippen molar-refractivity contribution in [3.05, 3.63) is 29.8 Å². The summed E-state index contributed by atoms with van der Waals surface area (Å²) < 4.78 is 24.0. The first-order chi connectivity index (χ1) is 6.63. The van der Waals surface area contributed by atoms with Crippen LogP contribution in [0, 0.1) is 0 Å². The van der Waals surface area contributed by atoms with Crippen LogP contribution in [0.3, 0.4) is 0 Å². The molecule has 0 aliphatic rings. The lowest BCUT2D eigenvalue weighted by Gasteiger charge is -2.01. The summed E-state index contributed by atoms with van der Waals surface area (Å²) >= 11 is 5.75. The van der Waals surface area contributed by atoms with Crippen molar-refractivity contribution in [1.29, 1.82) is 0 Å². The number of hydrogen-bond donors (Lipinski definition) is 0. The highest BCUT2D eigenvalue weighted by atomic mass is 35.5. The first-order valence-corrected chi connectivity index (χ1v) is 5.19. The van der Waals surface area contributed by atoms with Crippen LogP contribution >= 0.6 is 23.4 Å². The lowest BCUT2D eigenvalue weighted by molar-refractivity contribution is 0.102. The fourth-order valence-corrected chi connectivity index (χ4v) is 1.64. The lowest BCUT2D eigenvalue weighted by atomic mass is 10.1. The Labute approximate surface area is 89.4 Å². The molecule has 0 spiro atoms. The number of thioether (sulfide) groups is 1. The van der Waals surface area contributed by atoms with Gasteiger partial charge in [-0.15, -0.1) is 11.6 Å². The average Bonchev–Trinajstić information content (AvgIpc) is 2.16. The molecule has 14 heavy (non-hydrogen) atoms. The van der Waals surface area contributed by atoms with Gasteiger partial charge in [0.15, 0.2) is 5.78 Å². The lowest BCUT2D eigenvalue weighted by Crippen LogP contribution is -1.99. The maximum absolute atomic E-state index is 12.0. The smallest absolute Gasteiger partial charge is 0.288 e. The standard InChI is InChI=1S/C9H7ClF2OS/c10-5-8(13)6-2-1-3-7(4-6)14-9(11)12/h1-4,9H,5H2. The van der Waals surface area contributed by atoms with Crippen molar-refractivity contribution in [2.75, 3.05) is 5.88 Å². The van der Waals surface area contributed by atoms with E-state index in [9.17, 15) is 13.6 Å². The molecule has 0 N–H and O–H groups in total. The van der Waals surface area contributed by atoms with Gasteiger partial charge in [-0.05, 0) is 12.1 Å². The minimum absolute atomic E-state index is 0.136. The van der Waals surface area contributed by atoms with Crippen LogP contribution in [-0.4, -0.2) is 17.4 Å². The van der Waals surface area contributed by atoms with Gasteiger partial charge >= 0.3 is 0 Å². The molecular weight excluding hydrogens is 230 g/mol. The molecule has 5 heteroatoms. The summed E-state index contributed by atoms with van der Waals surface area (Å²) in [7, 11) is 0. The molecule has 0 aromatic heterocycles. The van der Waals surface area contributed by atoms with Gasteiger partial charge in [-0.3, -0.25) is 4.79 Å². The van der Waals surface area contributed by atoms with E-state index >= 15 is 0 Å². The number of Topliss-reactive ketones (excluding diaryl/α,β-unsaturated/α-hetero) is 1. The van der Waals surface area contributed by atoms with Gasteiger partial charge in [0.1, 0.15) is 0 Å². The second kappa shape index (κ2) is 5.32. The molecule has 0 amide bonds. The Balaban J connectivity index is 2.84. The molecule has 1 aromatic rings. The zero-order valence-electron chi connectivity index (χ0n) is 7.04. The molecule has 0 saturated heterocycles. The molecule has 0 radical (unpaired) electrons. The molecule has 0 bridgehead atoms. The van der Waals surface area contributed by atoms with Crippen LogP contribution < -0.4 is 0 Å². The van der Waals surface area contributed by atoms with E-state index in [1.165, 1.54) is 12.1 Å². The predicted octanol–water partition coefficient (Wildman–Crippen LogP) is 3.42.